The fourth-order valence-corrected chi connectivity index (χ4v) is 2.15. The molecule has 0 amide bonds. The van der Waals surface area contributed by atoms with E-state index in [1.54, 1.807) is 12.3 Å². The van der Waals surface area contributed by atoms with Gasteiger partial charge in [-0.2, -0.15) is 0 Å². The smallest absolute Gasteiger partial charge is 0.328 e. The van der Waals surface area contributed by atoms with E-state index in [9.17, 15) is 4.79 Å². The number of carbonyl (C=O) groups is 1. The maximum absolute atomic E-state index is 10.6. The summed E-state index contributed by atoms with van der Waals surface area (Å²) in [6.07, 6.45) is 6.81. The number of fused-ring (bicyclic) bond motifs is 1. The van der Waals surface area contributed by atoms with Crippen LogP contribution in [0, 0.1) is 6.92 Å². The van der Waals surface area contributed by atoms with Gasteiger partial charge in [0.2, 0.25) is 0 Å². The van der Waals surface area contributed by atoms with Gasteiger partial charge in [0.25, 0.3) is 0 Å². The molecule has 1 saturated carbocycles. The minimum absolute atomic E-state index is 0.502. The van der Waals surface area contributed by atoms with Gasteiger partial charge in [-0.3, -0.25) is 0 Å². The molecule has 3 rings (SSSR count). The van der Waals surface area contributed by atoms with Crippen LogP contribution in [0.15, 0.2) is 12.3 Å². The highest BCUT2D eigenvalue weighted by Crippen LogP contribution is 2.42. The van der Waals surface area contributed by atoms with Crippen LogP contribution in [-0.4, -0.2) is 26.0 Å². The summed E-state index contributed by atoms with van der Waals surface area (Å²) in [5, 5.41) is 9.65. The number of aliphatic carboxylic acids is 1. The van der Waals surface area contributed by atoms with Crippen LogP contribution in [0.25, 0.3) is 17.1 Å². The van der Waals surface area contributed by atoms with E-state index in [1.165, 1.54) is 0 Å². The molecule has 0 aliphatic heterocycles. The monoisotopic (exact) mass is 243 g/mol. The van der Waals surface area contributed by atoms with Gasteiger partial charge >= 0.3 is 5.97 Å². The van der Waals surface area contributed by atoms with Gasteiger partial charge < -0.3 is 10.1 Å². The van der Waals surface area contributed by atoms with Gasteiger partial charge in [-0.15, -0.1) is 0 Å². The second-order valence-electron chi connectivity index (χ2n) is 4.57. The first-order chi connectivity index (χ1) is 8.65. The second kappa shape index (κ2) is 3.94. The van der Waals surface area contributed by atoms with Crippen molar-refractivity contribution in [2.24, 2.45) is 0 Å². The molecule has 18 heavy (non-hydrogen) atoms. The summed E-state index contributed by atoms with van der Waals surface area (Å²) in [7, 11) is 0. The van der Waals surface area contributed by atoms with Crippen molar-refractivity contribution in [2.45, 2.75) is 25.7 Å². The topological polar surface area (TPSA) is 78.9 Å². The standard InChI is InChI=1S/C13H13N3O2/c1-7-15-12(8-2-3-8)11-9(4-5-10(17)18)6-14-13(11)16-7/h4-6,8H,2-3H2,1H3,(H,17,18)(H,14,15,16)/b5-4+. The lowest BCUT2D eigenvalue weighted by Gasteiger charge is -2.02. The molecule has 5 heteroatoms. The van der Waals surface area contributed by atoms with Crippen molar-refractivity contribution >= 4 is 23.1 Å². The Morgan fingerprint density at radius 1 is 1.50 bits per heavy atom. The second-order valence-corrected chi connectivity index (χ2v) is 4.57. The normalized spacial score (nSPS) is 15.6. The van der Waals surface area contributed by atoms with Crippen LogP contribution in [0.4, 0.5) is 0 Å². The Morgan fingerprint density at radius 3 is 2.94 bits per heavy atom. The van der Waals surface area contributed by atoms with Crippen LogP contribution in [0.5, 0.6) is 0 Å². The molecule has 0 spiro atoms. The molecule has 1 aliphatic carbocycles. The highest BCUT2D eigenvalue weighted by molar-refractivity contribution is 5.93. The number of nitrogens with zero attached hydrogens (tertiary/aromatic N) is 2. The zero-order chi connectivity index (χ0) is 12.7. The van der Waals surface area contributed by atoms with E-state index in [2.05, 4.69) is 15.0 Å². The lowest BCUT2D eigenvalue weighted by Crippen LogP contribution is -1.95. The van der Waals surface area contributed by atoms with Gasteiger partial charge in [0.05, 0.1) is 5.69 Å². The molecule has 5 nitrogen and oxygen atoms in total. The summed E-state index contributed by atoms with van der Waals surface area (Å²) in [5.41, 5.74) is 2.67. The van der Waals surface area contributed by atoms with E-state index in [0.29, 0.717) is 5.92 Å². The quantitative estimate of drug-likeness (QED) is 0.810. The fourth-order valence-electron chi connectivity index (χ4n) is 2.15. The molecule has 1 fully saturated rings. The third kappa shape index (κ3) is 1.88. The van der Waals surface area contributed by atoms with Crippen LogP contribution in [0.2, 0.25) is 0 Å². The fraction of sp³-hybridized carbons (Fsp3) is 0.308. The Morgan fingerprint density at radius 2 is 2.28 bits per heavy atom. The Balaban J connectivity index is 2.18. The van der Waals surface area contributed by atoms with E-state index in [-0.39, 0.29) is 0 Å². The molecular formula is C13H13N3O2. The molecule has 92 valence electrons. The highest BCUT2D eigenvalue weighted by atomic mass is 16.4. The van der Waals surface area contributed by atoms with E-state index in [1.807, 2.05) is 6.92 Å². The molecule has 2 aromatic heterocycles. The molecule has 0 bridgehead atoms. The first-order valence-corrected chi connectivity index (χ1v) is 5.92. The van der Waals surface area contributed by atoms with E-state index in [4.69, 9.17) is 5.11 Å². The van der Waals surface area contributed by atoms with Gasteiger partial charge in [-0.05, 0) is 25.8 Å². The summed E-state index contributed by atoms with van der Waals surface area (Å²) >= 11 is 0. The van der Waals surface area contributed by atoms with Crippen LogP contribution in [-0.2, 0) is 4.79 Å². The average molecular weight is 243 g/mol. The van der Waals surface area contributed by atoms with Crippen molar-refractivity contribution in [3.05, 3.63) is 29.4 Å². The number of rotatable bonds is 3. The highest BCUT2D eigenvalue weighted by Gasteiger charge is 2.28. The Kier molecular flexibility index (Phi) is 2.40. The maximum atomic E-state index is 10.6. The predicted octanol–water partition coefficient (Wildman–Crippen LogP) is 2.24. The van der Waals surface area contributed by atoms with Crippen LogP contribution >= 0.6 is 0 Å². The number of aromatic amines is 1. The largest absolute Gasteiger partial charge is 0.478 e. The molecule has 0 aromatic carbocycles. The third-order valence-corrected chi connectivity index (χ3v) is 3.07. The van der Waals surface area contributed by atoms with Crippen molar-refractivity contribution in [2.75, 3.05) is 0 Å². The average Bonchev–Trinajstić information content (AvgIpc) is 3.07. The summed E-state index contributed by atoms with van der Waals surface area (Å²) in [4.78, 5) is 22.5. The molecule has 2 N–H and O–H groups in total. The summed E-state index contributed by atoms with van der Waals surface area (Å²) < 4.78 is 0. The maximum Gasteiger partial charge on any atom is 0.328 e. The summed E-state index contributed by atoms with van der Waals surface area (Å²) in [5.74, 6) is 0.298. The predicted molar refractivity (Wildman–Crippen MR) is 67.3 cm³/mol. The SMILES string of the molecule is Cc1nc(C2CC2)c2c(/C=C/C(=O)O)c[nH]c2n1. The minimum atomic E-state index is -0.953. The Labute approximate surface area is 104 Å². The van der Waals surface area contributed by atoms with Crippen molar-refractivity contribution in [3.8, 4) is 0 Å². The Bertz CT molecular complexity index is 654. The number of aromatic nitrogens is 3. The zero-order valence-corrected chi connectivity index (χ0v) is 9.97. The van der Waals surface area contributed by atoms with Crippen LogP contribution in [0.3, 0.4) is 0 Å². The first kappa shape index (κ1) is 11.0. The van der Waals surface area contributed by atoms with Gasteiger partial charge in [-0.1, -0.05) is 0 Å². The summed E-state index contributed by atoms with van der Waals surface area (Å²) in [6.45, 7) is 1.87. The molecule has 2 aromatic rings. The lowest BCUT2D eigenvalue weighted by molar-refractivity contribution is -0.131. The van der Waals surface area contributed by atoms with E-state index < -0.39 is 5.97 Å². The Hall–Kier alpha value is -2.17. The first-order valence-electron chi connectivity index (χ1n) is 5.92. The van der Waals surface area contributed by atoms with Gasteiger partial charge in [-0.25, -0.2) is 14.8 Å². The lowest BCUT2D eigenvalue weighted by atomic mass is 10.1. The van der Waals surface area contributed by atoms with Gasteiger partial charge in [0, 0.05) is 29.1 Å². The molecule has 0 unspecified atom stereocenters. The molecule has 1 aliphatic rings. The number of H-pyrrole nitrogens is 1. The van der Waals surface area contributed by atoms with Crippen LogP contribution in [0.1, 0.15) is 35.8 Å². The minimum Gasteiger partial charge on any atom is -0.478 e. The number of carboxylic acid groups (broad SMARTS) is 1. The van der Waals surface area contributed by atoms with Gasteiger partial charge in [0.15, 0.2) is 0 Å². The number of nitrogens with one attached hydrogen (secondary N) is 1. The number of carboxylic acids is 1. The number of hydrogen-bond donors (Lipinski definition) is 2. The zero-order valence-electron chi connectivity index (χ0n) is 9.97. The number of aryl methyl sites for hydroxylation is 1. The van der Waals surface area contributed by atoms with E-state index >= 15 is 0 Å². The van der Waals surface area contributed by atoms with Crippen molar-refractivity contribution in [3.63, 3.8) is 0 Å². The van der Waals surface area contributed by atoms with Crippen molar-refractivity contribution in [1.82, 2.24) is 15.0 Å². The van der Waals surface area contributed by atoms with Crippen molar-refractivity contribution < 1.29 is 9.90 Å². The van der Waals surface area contributed by atoms with Crippen molar-refractivity contribution in [1.29, 1.82) is 0 Å². The van der Waals surface area contributed by atoms with Gasteiger partial charge in [0.1, 0.15) is 11.5 Å². The summed E-state index contributed by atoms with van der Waals surface area (Å²) in [6, 6.07) is 0. The molecule has 2 heterocycles. The number of hydrogen-bond acceptors (Lipinski definition) is 3. The molecule has 0 radical (unpaired) electrons. The molecule has 0 saturated heterocycles. The molecule has 0 atom stereocenters. The van der Waals surface area contributed by atoms with E-state index in [0.717, 1.165) is 47.0 Å². The molecular weight excluding hydrogens is 230 g/mol. The third-order valence-electron chi connectivity index (χ3n) is 3.07. The van der Waals surface area contributed by atoms with Crippen LogP contribution < -0.4 is 0 Å².